The average Bonchev–Trinajstić information content (AvgIpc) is 3.13. The van der Waals surface area contributed by atoms with Gasteiger partial charge in [-0.2, -0.15) is 0 Å². The lowest BCUT2D eigenvalue weighted by Crippen LogP contribution is -2.31. The van der Waals surface area contributed by atoms with Crippen molar-refractivity contribution in [2.45, 2.75) is 19.3 Å². The predicted molar refractivity (Wildman–Crippen MR) is 97.5 cm³/mol. The lowest BCUT2D eigenvalue weighted by molar-refractivity contribution is -0.130. The summed E-state index contributed by atoms with van der Waals surface area (Å²) in [6.07, 6.45) is 2.32. The molecule has 3 rings (SSSR count). The number of halogens is 3. The third kappa shape index (κ3) is 5.06. The lowest BCUT2D eigenvalue weighted by Gasteiger charge is -2.18. The molecule has 1 unspecified atom stereocenters. The van der Waals surface area contributed by atoms with Crippen LogP contribution in [0.2, 0.25) is 0 Å². The fourth-order valence-electron chi connectivity index (χ4n) is 2.84. The Morgan fingerprint density at radius 1 is 1.42 bits per heavy atom. The number of hydrogen-bond donors (Lipinski definition) is 2. The van der Waals surface area contributed by atoms with Gasteiger partial charge in [0.1, 0.15) is 11.6 Å². The van der Waals surface area contributed by atoms with Crippen molar-refractivity contribution in [1.82, 2.24) is 20.2 Å². The van der Waals surface area contributed by atoms with Crippen LogP contribution >= 0.6 is 24.8 Å². The summed E-state index contributed by atoms with van der Waals surface area (Å²) < 4.78 is 13.2. The SMILES string of the molecule is CN(CCc1nc2ccc(F)cc2[nH]1)C(=O)CC1CCNC1.Cl.Cl. The van der Waals surface area contributed by atoms with Crippen LogP contribution in [0.3, 0.4) is 0 Å². The summed E-state index contributed by atoms with van der Waals surface area (Å²) in [5, 5.41) is 3.28. The zero-order chi connectivity index (χ0) is 15.5. The molecule has 0 radical (unpaired) electrons. The van der Waals surface area contributed by atoms with Crippen molar-refractivity contribution < 1.29 is 9.18 Å². The van der Waals surface area contributed by atoms with Gasteiger partial charge < -0.3 is 15.2 Å². The number of amides is 1. The lowest BCUT2D eigenvalue weighted by atomic mass is 10.0. The minimum atomic E-state index is -0.278. The summed E-state index contributed by atoms with van der Waals surface area (Å²) in [7, 11) is 1.83. The largest absolute Gasteiger partial charge is 0.345 e. The number of likely N-dealkylation sites (N-methyl/N-ethyl adjacent to an activating group) is 1. The van der Waals surface area contributed by atoms with Crippen molar-refractivity contribution in [2.75, 3.05) is 26.7 Å². The molecule has 1 aromatic carbocycles. The van der Waals surface area contributed by atoms with E-state index < -0.39 is 0 Å². The maximum absolute atomic E-state index is 13.2. The van der Waals surface area contributed by atoms with Crippen LogP contribution in [-0.2, 0) is 11.2 Å². The normalized spacial score (nSPS) is 16.5. The maximum Gasteiger partial charge on any atom is 0.222 e. The van der Waals surface area contributed by atoms with Gasteiger partial charge >= 0.3 is 0 Å². The smallest absolute Gasteiger partial charge is 0.222 e. The van der Waals surface area contributed by atoms with Gasteiger partial charge in [-0.05, 0) is 43.6 Å². The highest BCUT2D eigenvalue weighted by molar-refractivity contribution is 5.85. The maximum atomic E-state index is 13.2. The van der Waals surface area contributed by atoms with Gasteiger partial charge in [0.25, 0.3) is 0 Å². The number of aromatic nitrogens is 2. The molecule has 1 aliphatic rings. The quantitative estimate of drug-likeness (QED) is 0.842. The zero-order valence-electron chi connectivity index (χ0n) is 13.5. The molecule has 1 aliphatic heterocycles. The molecule has 0 spiro atoms. The van der Waals surface area contributed by atoms with Crippen LogP contribution in [0.15, 0.2) is 18.2 Å². The first-order chi connectivity index (χ1) is 10.6. The number of nitrogens with zero attached hydrogens (tertiary/aromatic N) is 2. The van der Waals surface area contributed by atoms with Crippen LogP contribution in [0.25, 0.3) is 11.0 Å². The summed E-state index contributed by atoms with van der Waals surface area (Å²) >= 11 is 0. The van der Waals surface area contributed by atoms with Crippen LogP contribution < -0.4 is 5.32 Å². The number of H-pyrrole nitrogens is 1. The first-order valence-corrected chi connectivity index (χ1v) is 7.70. The summed E-state index contributed by atoms with van der Waals surface area (Å²) in [4.78, 5) is 21.4. The fourth-order valence-corrected chi connectivity index (χ4v) is 2.84. The third-order valence-electron chi connectivity index (χ3n) is 4.23. The number of imidazole rings is 1. The predicted octanol–water partition coefficient (Wildman–Crippen LogP) is 2.55. The molecule has 1 amide bonds. The molecular weight excluding hydrogens is 354 g/mol. The van der Waals surface area contributed by atoms with E-state index in [0.717, 1.165) is 30.9 Å². The molecule has 5 nitrogen and oxygen atoms in total. The second-order valence-corrected chi connectivity index (χ2v) is 5.97. The Morgan fingerprint density at radius 3 is 2.92 bits per heavy atom. The standard InChI is InChI=1S/C16H21FN4O.2ClH/c1-21(16(22)8-11-4-6-18-10-11)7-5-15-19-13-3-2-12(17)9-14(13)20-15;;/h2-3,9,11,18H,4-8,10H2,1H3,(H,19,20);2*1H. The second-order valence-electron chi connectivity index (χ2n) is 5.97. The van der Waals surface area contributed by atoms with Gasteiger partial charge in [0, 0.05) is 26.4 Å². The Kier molecular flexibility index (Phi) is 7.93. The van der Waals surface area contributed by atoms with E-state index in [-0.39, 0.29) is 36.5 Å². The van der Waals surface area contributed by atoms with Crippen LogP contribution in [0.4, 0.5) is 4.39 Å². The molecule has 134 valence electrons. The summed E-state index contributed by atoms with van der Waals surface area (Å²) in [6.45, 7) is 2.56. The molecule has 24 heavy (non-hydrogen) atoms. The van der Waals surface area contributed by atoms with Crippen molar-refractivity contribution in [3.8, 4) is 0 Å². The Labute approximate surface area is 153 Å². The first-order valence-electron chi connectivity index (χ1n) is 7.70. The van der Waals surface area contributed by atoms with Crippen LogP contribution in [0.1, 0.15) is 18.7 Å². The van der Waals surface area contributed by atoms with Gasteiger partial charge in [0.15, 0.2) is 0 Å². The van der Waals surface area contributed by atoms with Crippen LogP contribution in [0.5, 0.6) is 0 Å². The molecule has 2 aromatic rings. The molecule has 0 bridgehead atoms. The topological polar surface area (TPSA) is 61.0 Å². The Hall–Kier alpha value is -1.37. The van der Waals surface area contributed by atoms with Gasteiger partial charge in [-0.25, -0.2) is 9.37 Å². The van der Waals surface area contributed by atoms with Crippen molar-refractivity contribution in [3.63, 3.8) is 0 Å². The Balaban J connectivity index is 0.00000144. The molecule has 1 fully saturated rings. The second kappa shape index (κ2) is 9.20. The van der Waals surface area contributed by atoms with Crippen LogP contribution in [-0.4, -0.2) is 47.5 Å². The van der Waals surface area contributed by atoms with E-state index in [1.807, 2.05) is 7.05 Å². The molecule has 1 aromatic heterocycles. The molecular formula is C16H23Cl2FN4O. The molecule has 1 atom stereocenters. The highest BCUT2D eigenvalue weighted by Crippen LogP contribution is 2.15. The number of aromatic amines is 1. The molecule has 0 saturated carbocycles. The number of fused-ring (bicyclic) bond motifs is 1. The highest BCUT2D eigenvalue weighted by Gasteiger charge is 2.20. The van der Waals surface area contributed by atoms with E-state index in [4.69, 9.17) is 0 Å². The Bertz CT molecular complexity index is 673. The number of carbonyl (C=O) groups is 1. The van der Waals surface area contributed by atoms with E-state index >= 15 is 0 Å². The van der Waals surface area contributed by atoms with E-state index in [2.05, 4.69) is 15.3 Å². The van der Waals surface area contributed by atoms with Crippen molar-refractivity contribution >= 4 is 41.8 Å². The number of rotatable bonds is 5. The third-order valence-corrected chi connectivity index (χ3v) is 4.23. The van der Waals surface area contributed by atoms with Gasteiger partial charge in [-0.1, -0.05) is 0 Å². The first kappa shape index (κ1) is 20.7. The summed E-state index contributed by atoms with van der Waals surface area (Å²) in [5.74, 6) is 1.14. The minimum Gasteiger partial charge on any atom is -0.345 e. The van der Waals surface area contributed by atoms with Crippen LogP contribution in [0, 0.1) is 11.7 Å². The zero-order valence-corrected chi connectivity index (χ0v) is 15.2. The molecule has 2 heterocycles. The molecule has 8 heteroatoms. The minimum absolute atomic E-state index is 0. The number of hydrogen-bond acceptors (Lipinski definition) is 3. The van der Waals surface area contributed by atoms with Crippen molar-refractivity contribution in [3.05, 3.63) is 29.8 Å². The summed E-state index contributed by atoms with van der Waals surface area (Å²) in [6, 6.07) is 4.50. The van der Waals surface area contributed by atoms with E-state index in [1.54, 1.807) is 11.0 Å². The van der Waals surface area contributed by atoms with Gasteiger partial charge in [-0.15, -0.1) is 24.8 Å². The molecule has 2 N–H and O–H groups in total. The number of benzene rings is 1. The number of carbonyl (C=O) groups excluding carboxylic acids is 1. The monoisotopic (exact) mass is 376 g/mol. The van der Waals surface area contributed by atoms with E-state index in [1.165, 1.54) is 12.1 Å². The van der Waals surface area contributed by atoms with Gasteiger partial charge in [0.05, 0.1) is 11.0 Å². The highest BCUT2D eigenvalue weighted by atomic mass is 35.5. The summed E-state index contributed by atoms with van der Waals surface area (Å²) in [5.41, 5.74) is 1.45. The molecule has 1 saturated heterocycles. The van der Waals surface area contributed by atoms with Gasteiger partial charge in [0.2, 0.25) is 5.91 Å². The van der Waals surface area contributed by atoms with Crippen molar-refractivity contribution in [1.29, 1.82) is 0 Å². The fraction of sp³-hybridized carbons (Fsp3) is 0.500. The average molecular weight is 377 g/mol. The van der Waals surface area contributed by atoms with Gasteiger partial charge in [-0.3, -0.25) is 4.79 Å². The Morgan fingerprint density at radius 2 is 2.21 bits per heavy atom. The molecule has 0 aliphatic carbocycles. The number of nitrogens with one attached hydrogen (secondary N) is 2. The van der Waals surface area contributed by atoms with Crippen molar-refractivity contribution in [2.24, 2.45) is 5.92 Å². The van der Waals surface area contributed by atoms with E-state index in [0.29, 0.717) is 30.8 Å². The van der Waals surface area contributed by atoms with E-state index in [9.17, 15) is 9.18 Å².